The number of aliphatic hydroxyl groups excluding tert-OH is 1. The molecule has 3 fully saturated rings. The van der Waals surface area contributed by atoms with Crippen molar-refractivity contribution in [3.05, 3.63) is 33.8 Å². The number of benzene rings is 1. The normalized spacial score (nSPS) is 36.5. The number of fused-ring (bicyclic) bond motifs is 1. The van der Waals surface area contributed by atoms with Gasteiger partial charge in [0.05, 0.1) is 12.7 Å². The van der Waals surface area contributed by atoms with Crippen molar-refractivity contribution in [1.82, 2.24) is 5.32 Å². The van der Waals surface area contributed by atoms with Crippen molar-refractivity contribution in [2.75, 3.05) is 13.2 Å². The molecule has 1 amide bonds. The zero-order valence-electron chi connectivity index (χ0n) is 15.8. The highest BCUT2D eigenvalue weighted by molar-refractivity contribution is 6.36. The van der Waals surface area contributed by atoms with Crippen LogP contribution in [0, 0.1) is 22.7 Å². The highest BCUT2D eigenvalue weighted by atomic mass is 35.5. The average molecular weight is 412 g/mol. The molecule has 2 aliphatic carbocycles. The Morgan fingerprint density at radius 1 is 1.33 bits per heavy atom. The third kappa shape index (κ3) is 2.91. The van der Waals surface area contributed by atoms with E-state index in [9.17, 15) is 4.79 Å². The van der Waals surface area contributed by atoms with Crippen molar-refractivity contribution in [2.45, 2.75) is 51.7 Å². The standard InChI is InChI=1S/C21H27Cl2NO3/c1-20(2)12-10-13-18(17-14(22)4-3-5-15(17)23)27-9-7-21(13,11-12)19(20)24-16(26)6-8-25/h3-5,12-13,18-19,25H,6-11H2,1-2H3,(H,24,26)/t12-,13-,18+,19-,21+/m1/s1. The van der Waals surface area contributed by atoms with E-state index < -0.39 is 0 Å². The predicted octanol–water partition coefficient (Wildman–Crippen LogP) is 4.37. The molecule has 2 N–H and O–H groups in total. The van der Waals surface area contributed by atoms with Gasteiger partial charge in [-0.15, -0.1) is 0 Å². The number of nitrogens with one attached hydrogen (secondary N) is 1. The molecule has 1 saturated heterocycles. The van der Waals surface area contributed by atoms with Crippen molar-refractivity contribution in [3.8, 4) is 0 Å². The number of aliphatic hydroxyl groups is 1. The van der Waals surface area contributed by atoms with E-state index in [4.69, 9.17) is 33.0 Å². The van der Waals surface area contributed by atoms with Gasteiger partial charge in [-0.1, -0.05) is 43.1 Å². The average Bonchev–Trinajstić information content (AvgIpc) is 3.09. The van der Waals surface area contributed by atoms with Crippen LogP contribution >= 0.6 is 23.2 Å². The molecule has 0 aromatic heterocycles. The van der Waals surface area contributed by atoms with Gasteiger partial charge in [-0.3, -0.25) is 4.79 Å². The second kappa shape index (κ2) is 6.91. The van der Waals surface area contributed by atoms with E-state index in [1.54, 1.807) is 0 Å². The lowest BCUT2D eigenvalue weighted by Gasteiger charge is -2.53. The summed E-state index contributed by atoms with van der Waals surface area (Å²) in [4.78, 5) is 12.3. The van der Waals surface area contributed by atoms with Crippen molar-refractivity contribution >= 4 is 29.1 Å². The summed E-state index contributed by atoms with van der Waals surface area (Å²) in [7, 11) is 0. The smallest absolute Gasteiger partial charge is 0.222 e. The van der Waals surface area contributed by atoms with Crippen molar-refractivity contribution in [2.24, 2.45) is 22.7 Å². The van der Waals surface area contributed by atoms with E-state index in [0.29, 0.717) is 22.6 Å². The maximum absolute atomic E-state index is 12.3. The van der Waals surface area contributed by atoms with Gasteiger partial charge >= 0.3 is 0 Å². The summed E-state index contributed by atoms with van der Waals surface area (Å²) in [6.07, 6.45) is 3.09. The summed E-state index contributed by atoms with van der Waals surface area (Å²) >= 11 is 13.0. The molecule has 4 rings (SSSR count). The zero-order valence-corrected chi connectivity index (χ0v) is 17.3. The fourth-order valence-electron chi connectivity index (χ4n) is 6.19. The number of ether oxygens (including phenoxy) is 1. The number of halogens is 2. The highest BCUT2D eigenvalue weighted by Crippen LogP contribution is 2.71. The maximum atomic E-state index is 12.3. The summed E-state index contributed by atoms with van der Waals surface area (Å²) in [5.41, 5.74) is 0.897. The number of hydrogen-bond donors (Lipinski definition) is 2. The maximum Gasteiger partial charge on any atom is 0.222 e. The van der Waals surface area contributed by atoms with Crippen LogP contribution in [-0.4, -0.2) is 30.3 Å². The molecule has 0 unspecified atom stereocenters. The van der Waals surface area contributed by atoms with Crippen molar-refractivity contribution in [3.63, 3.8) is 0 Å². The van der Waals surface area contributed by atoms with Crippen LogP contribution in [0.1, 0.15) is 51.2 Å². The third-order valence-electron chi connectivity index (χ3n) is 7.43. The quantitative estimate of drug-likeness (QED) is 0.772. The van der Waals surface area contributed by atoms with Crippen LogP contribution in [0.4, 0.5) is 0 Å². The summed E-state index contributed by atoms with van der Waals surface area (Å²) in [6, 6.07) is 5.66. The predicted molar refractivity (Wildman–Crippen MR) is 106 cm³/mol. The first-order valence-electron chi connectivity index (χ1n) is 9.77. The van der Waals surface area contributed by atoms with E-state index >= 15 is 0 Å². The first-order valence-corrected chi connectivity index (χ1v) is 10.5. The molecular formula is C21H27Cl2NO3. The summed E-state index contributed by atoms with van der Waals surface area (Å²) in [6.45, 7) is 5.04. The van der Waals surface area contributed by atoms with Gasteiger partial charge in [0.1, 0.15) is 0 Å². The first kappa shape index (κ1) is 19.5. The van der Waals surface area contributed by atoms with Gasteiger partial charge < -0.3 is 15.2 Å². The third-order valence-corrected chi connectivity index (χ3v) is 8.09. The van der Waals surface area contributed by atoms with E-state index in [1.807, 2.05) is 18.2 Å². The molecule has 2 saturated carbocycles. The Hall–Kier alpha value is -0.810. The SMILES string of the molecule is CC1(C)[C@@H]2C[C@@H]3[C@@H](c4c(Cl)cccc4Cl)OCC[C@@]3(C2)[C@@H]1NC(=O)CCO. The Kier molecular flexibility index (Phi) is 4.99. The van der Waals surface area contributed by atoms with E-state index in [0.717, 1.165) is 24.8 Å². The second-order valence-corrected chi connectivity index (χ2v) is 9.76. The van der Waals surface area contributed by atoms with Crippen LogP contribution in [0.5, 0.6) is 0 Å². The molecular weight excluding hydrogens is 385 g/mol. The molecule has 1 aromatic rings. The van der Waals surface area contributed by atoms with E-state index in [1.165, 1.54) is 0 Å². The molecule has 1 aromatic carbocycles. The number of carbonyl (C=O) groups is 1. The molecule has 148 valence electrons. The van der Waals surface area contributed by atoms with Crippen LogP contribution < -0.4 is 5.32 Å². The lowest BCUT2D eigenvalue weighted by Crippen LogP contribution is -2.59. The van der Waals surface area contributed by atoms with Gasteiger partial charge in [-0.05, 0) is 54.1 Å². The minimum Gasteiger partial charge on any atom is -0.396 e. The molecule has 2 bridgehead atoms. The minimum absolute atomic E-state index is 0.00923. The Labute approximate surface area is 170 Å². The first-order chi connectivity index (χ1) is 12.8. The van der Waals surface area contributed by atoms with Crippen molar-refractivity contribution in [1.29, 1.82) is 0 Å². The molecule has 6 heteroatoms. The van der Waals surface area contributed by atoms with E-state index in [2.05, 4.69) is 19.2 Å². The number of carbonyl (C=O) groups excluding carboxylic acids is 1. The Bertz CT molecular complexity index is 733. The molecule has 0 radical (unpaired) electrons. The van der Waals surface area contributed by atoms with E-state index in [-0.39, 0.29) is 47.8 Å². The molecule has 1 aliphatic heterocycles. The molecule has 27 heavy (non-hydrogen) atoms. The minimum atomic E-state index is -0.140. The molecule has 1 spiro atoms. The summed E-state index contributed by atoms with van der Waals surface area (Å²) < 4.78 is 6.23. The topological polar surface area (TPSA) is 58.6 Å². The Morgan fingerprint density at radius 2 is 2.04 bits per heavy atom. The molecule has 1 heterocycles. The molecule has 5 atom stereocenters. The second-order valence-electron chi connectivity index (χ2n) is 8.95. The van der Waals surface area contributed by atoms with Gasteiger partial charge in [-0.2, -0.15) is 0 Å². The number of hydrogen-bond acceptors (Lipinski definition) is 3. The molecule has 4 nitrogen and oxygen atoms in total. The Balaban J connectivity index is 1.71. The highest BCUT2D eigenvalue weighted by Gasteiger charge is 2.68. The van der Waals surface area contributed by atoms with Crippen LogP contribution in [0.3, 0.4) is 0 Å². The molecule has 3 aliphatic rings. The van der Waals surface area contributed by atoms with Crippen LogP contribution in [0.2, 0.25) is 10.0 Å². The summed E-state index contributed by atoms with van der Waals surface area (Å²) in [5.74, 6) is 0.726. The lowest BCUT2D eigenvalue weighted by molar-refractivity contribution is -0.137. The summed E-state index contributed by atoms with van der Waals surface area (Å²) in [5, 5.41) is 13.7. The van der Waals surface area contributed by atoms with Crippen LogP contribution in [-0.2, 0) is 9.53 Å². The van der Waals surface area contributed by atoms with Crippen LogP contribution in [0.25, 0.3) is 0 Å². The van der Waals surface area contributed by atoms with Gasteiger partial charge in [0.2, 0.25) is 5.91 Å². The van der Waals surface area contributed by atoms with Crippen molar-refractivity contribution < 1.29 is 14.6 Å². The number of amides is 1. The van der Waals surface area contributed by atoms with Gasteiger partial charge in [0.25, 0.3) is 0 Å². The monoisotopic (exact) mass is 411 g/mol. The fraction of sp³-hybridized carbons (Fsp3) is 0.667. The zero-order chi connectivity index (χ0) is 19.4. The van der Waals surface area contributed by atoms with Crippen LogP contribution in [0.15, 0.2) is 18.2 Å². The van der Waals surface area contributed by atoms with Gasteiger partial charge in [0.15, 0.2) is 0 Å². The fourth-order valence-corrected chi connectivity index (χ4v) is 6.80. The Morgan fingerprint density at radius 3 is 2.70 bits per heavy atom. The lowest BCUT2D eigenvalue weighted by atomic mass is 9.59. The van der Waals surface area contributed by atoms with Gasteiger partial charge in [-0.25, -0.2) is 0 Å². The number of rotatable bonds is 4. The largest absolute Gasteiger partial charge is 0.396 e. The van der Waals surface area contributed by atoms with Gasteiger partial charge in [0, 0.05) is 34.7 Å².